The number of carbonyl (C=O) groups is 2. The molecule has 6 nitrogen and oxygen atoms in total. The summed E-state index contributed by atoms with van der Waals surface area (Å²) in [6.45, 7) is 2.20. The Morgan fingerprint density at radius 1 is 1.10 bits per heavy atom. The minimum atomic E-state index is -0.677. The number of carbonyl (C=O) groups excluding carboxylic acids is 2. The highest BCUT2D eigenvalue weighted by molar-refractivity contribution is 6.33. The van der Waals surface area contributed by atoms with E-state index in [1.54, 1.807) is 17.9 Å². The van der Waals surface area contributed by atoms with Gasteiger partial charge in [0, 0.05) is 17.3 Å². The monoisotopic (exact) mass is 443 g/mol. The summed E-state index contributed by atoms with van der Waals surface area (Å²) in [5.41, 5.74) is 3.37. The standard InChI is InChI=1S/C22H19Cl2N3O3/c1-14-20(21(24)27(25-14)12-16-7-2-4-8-17(16)23)22(29)30-13-19(28)26-11-10-15-6-3-5-9-18(15)26/h2-9H,10-13H2,1H3. The maximum absolute atomic E-state index is 12.6. The van der Waals surface area contributed by atoms with Crippen LogP contribution in [-0.2, 0) is 22.5 Å². The molecule has 0 N–H and O–H groups in total. The second-order valence-electron chi connectivity index (χ2n) is 7.00. The Morgan fingerprint density at radius 3 is 2.63 bits per heavy atom. The number of anilines is 1. The van der Waals surface area contributed by atoms with Gasteiger partial charge < -0.3 is 9.64 Å². The van der Waals surface area contributed by atoms with Crippen molar-refractivity contribution >= 4 is 40.8 Å². The average molecular weight is 444 g/mol. The highest BCUT2D eigenvalue weighted by Crippen LogP contribution is 2.28. The summed E-state index contributed by atoms with van der Waals surface area (Å²) in [5.74, 6) is -0.950. The number of fused-ring (bicyclic) bond motifs is 1. The molecule has 1 aliphatic rings. The van der Waals surface area contributed by atoms with Gasteiger partial charge in [-0.05, 0) is 36.6 Å². The highest BCUT2D eigenvalue weighted by Gasteiger charge is 2.27. The van der Waals surface area contributed by atoms with Crippen molar-refractivity contribution in [1.82, 2.24) is 9.78 Å². The number of amides is 1. The molecule has 0 saturated heterocycles. The van der Waals surface area contributed by atoms with Crippen LogP contribution < -0.4 is 4.90 Å². The highest BCUT2D eigenvalue weighted by atomic mass is 35.5. The molecular formula is C22H19Cl2N3O3. The molecule has 0 spiro atoms. The molecule has 0 unspecified atom stereocenters. The lowest BCUT2D eigenvalue weighted by Crippen LogP contribution is -2.33. The van der Waals surface area contributed by atoms with Crippen molar-refractivity contribution in [3.8, 4) is 0 Å². The van der Waals surface area contributed by atoms with Gasteiger partial charge in [-0.15, -0.1) is 0 Å². The lowest BCUT2D eigenvalue weighted by Gasteiger charge is -2.17. The Kier molecular flexibility index (Phi) is 5.79. The van der Waals surface area contributed by atoms with Crippen LogP contribution >= 0.6 is 23.2 Å². The molecule has 0 fully saturated rings. The first-order valence-electron chi connectivity index (χ1n) is 9.47. The van der Waals surface area contributed by atoms with Gasteiger partial charge in [0.05, 0.1) is 12.2 Å². The number of rotatable bonds is 5. The van der Waals surface area contributed by atoms with Crippen molar-refractivity contribution in [2.24, 2.45) is 0 Å². The van der Waals surface area contributed by atoms with Gasteiger partial charge in [-0.2, -0.15) is 5.10 Å². The molecule has 1 aliphatic heterocycles. The molecule has 0 atom stereocenters. The predicted octanol–water partition coefficient (Wildman–Crippen LogP) is 4.29. The summed E-state index contributed by atoms with van der Waals surface area (Å²) in [5, 5.41) is 5.07. The summed E-state index contributed by atoms with van der Waals surface area (Å²) < 4.78 is 6.77. The second kappa shape index (κ2) is 8.50. The molecule has 0 radical (unpaired) electrons. The number of hydrogen-bond donors (Lipinski definition) is 0. The van der Waals surface area contributed by atoms with Crippen LogP contribution in [0.15, 0.2) is 48.5 Å². The molecule has 1 aromatic heterocycles. The molecule has 0 bridgehead atoms. The molecule has 1 amide bonds. The minimum absolute atomic E-state index is 0.149. The van der Waals surface area contributed by atoms with Crippen LogP contribution in [0.2, 0.25) is 10.2 Å². The number of aromatic nitrogens is 2. The largest absolute Gasteiger partial charge is 0.452 e. The minimum Gasteiger partial charge on any atom is -0.452 e. The Balaban J connectivity index is 1.45. The van der Waals surface area contributed by atoms with Crippen molar-refractivity contribution in [1.29, 1.82) is 0 Å². The second-order valence-corrected chi connectivity index (χ2v) is 7.77. The van der Waals surface area contributed by atoms with Crippen LogP contribution in [0.1, 0.15) is 27.2 Å². The average Bonchev–Trinajstić information content (AvgIpc) is 3.28. The summed E-state index contributed by atoms with van der Waals surface area (Å²) in [6, 6.07) is 15.0. The van der Waals surface area contributed by atoms with E-state index in [1.165, 1.54) is 4.68 Å². The first-order valence-corrected chi connectivity index (χ1v) is 10.2. The maximum Gasteiger partial charge on any atom is 0.343 e. The molecule has 4 rings (SSSR count). The fourth-order valence-corrected chi connectivity index (χ4v) is 4.06. The van der Waals surface area contributed by atoms with Gasteiger partial charge in [0.1, 0.15) is 10.7 Å². The number of esters is 1. The number of hydrogen-bond acceptors (Lipinski definition) is 4. The zero-order valence-electron chi connectivity index (χ0n) is 16.3. The van der Waals surface area contributed by atoms with E-state index >= 15 is 0 Å². The van der Waals surface area contributed by atoms with Crippen molar-refractivity contribution in [2.75, 3.05) is 18.1 Å². The fourth-order valence-electron chi connectivity index (χ4n) is 3.55. The summed E-state index contributed by atoms with van der Waals surface area (Å²) in [4.78, 5) is 26.8. The fraction of sp³-hybridized carbons (Fsp3) is 0.227. The maximum atomic E-state index is 12.6. The first-order chi connectivity index (χ1) is 14.5. The SMILES string of the molecule is Cc1nn(Cc2ccccc2Cl)c(Cl)c1C(=O)OCC(=O)N1CCc2ccccc21. The number of halogens is 2. The molecule has 8 heteroatoms. The third-order valence-electron chi connectivity index (χ3n) is 5.06. The molecule has 0 saturated carbocycles. The van der Waals surface area contributed by atoms with Gasteiger partial charge in [-0.25, -0.2) is 9.48 Å². The third-order valence-corrected chi connectivity index (χ3v) is 5.82. The van der Waals surface area contributed by atoms with Gasteiger partial charge in [0.2, 0.25) is 0 Å². The van der Waals surface area contributed by atoms with E-state index in [0.29, 0.717) is 23.8 Å². The van der Waals surface area contributed by atoms with E-state index in [0.717, 1.165) is 23.2 Å². The number of nitrogens with zero attached hydrogens (tertiary/aromatic N) is 3. The van der Waals surface area contributed by atoms with Crippen LogP contribution in [0.25, 0.3) is 0 Å². The van der Waals surface area contributed by atoms with Crippen LogP contribution in [0.4, 0.5) is 5.69 Å². The van der Waals surface area contributed by atoms with Gasteiger partial charge in [0.25, 0.3) is 5.91 Å². The Labute approximate surface area is 184 Å². The van der Waals surface area contributed by atoms with Gasteiger partial charge in [0.15, 0.2) is 6.61 Å². The van der Waals surface area contributed by atoms with Crippen molar-refractivity contribution in [3.63, 3.8) is 0 Å². The Hall–Kier alpha value is -2.83. The van der Waals surface area contributed by atoms with Crippen LogP contribution in [-0.4, -0.2) is 34.8 Å². The topological polar surface area (TPSA) is 64.4 Å². The van der Waals surface area contributed by atoms with Crippen LogP contribution in [0.5, 0.6) is 0 Å². The molecule has 30 heavy (non-hydrogen) atoms. The predicted molar refractivity (Wildman–Crippen MR) is 115 cm³/mol. The molecular weight excluding hydrogens is 425 g/mol. The number of ether oxygens (including phenoxy) is 1. The van der Waals surface area contributed by atoms with Gasteiger partial charge in [-0.1, -0.05) is 59.6 Å². The van der Waals surface area contributed by atoms with Crippen molar-refractivity contribution < 1.29 is 14.3 Å². The van der Waals surface area contributed by atoms with E-state index in [4.69, 9.17) is 27.9 Å². The van der Waals surface area contributed by atoms with Gasteiger partial charge >= 0.3 is 5.97 Å². The Bertz CT molecular complexity index is 1130. The van der Waals surface area contributed by atoms with E-state index in [1.807, 2.05) is 42.5 Å². The Morgan fingerprint density at radius 2 is 1.83 bits per heavy atom. The van der Waals surface area contributed by atoms with Gasteiger partial charge in [-0.3, -0.25) is 4.79 Å². The summed E-state index contributed by atoms with van der Waals surface area (Å²) >= 11 is 12.6. The van der Waals surface area contributed by atoms with Crippen LogP contribution in [0, 0.1) is 6.92 Å². The molecule has 3 aromatic rings. The quantitative estimate of drug-likeness (QED) is 0.551. The van der Waals surface area contributed by atoms with E-state index < -0.39 is 5.97 Å². The summed E-state index contributed by atoms with van der Waals surface area (Å²) in [6.07, 6.45) is 0.787. The third kappa shape index (κ3) is 3.93. The lowest BCUT2D eigenvalue weighted by molar-refractivity contribution is -0.121. The van der Waals surface area contributed by atoms with Crippen molar-refractivity contribution in [2.45, 2.75) is 19.9 Å². The molecule has 154 valence electrons. The molecule has 2 aromatic carbocycles. The molecule has 2 heterocycles. The van der Waals surface area contributed by atoms with E-state index in [-0.39, 0.29) is 23.2 Å². The van der Waals surface area contributed by atoms with Crippen molar-refractivity contribution in [3.05, 3.63) is 81.1 Å². The molecule has 0 aliphatic carbocycles. The zero-order valence-corrected chi connectivity index (χ0v) is 17.8. The van der Waals surface area contributed by atoms with Crippen LogP contribution in [0.3, 0.4) is 0 Å². The summed E-state index contributed by atoms with van der Waals surface area (Å²) in [7, 11) is 0. The number of benzene rings is 2. The van der Waals surface area contributed by atoms with E-state index in [9.17, 15) is 9.59 Å². The number of aryl methyl sites for hydroxylation is 1. The first kappa shape index (κ1) is 20.4. The lowest BCUT2D eigenvalue weighted by atomic mass is 10.2. The van der Waals surface area contributed by atoms with E-state index in [2.05, 4.69) is 5.10 Å². The zero-order chi connectivity index (χ0) is 21.3. The number of para-hydroxylation sites is 1. The smallest absolute Gasteiger partial charge is 0.343 e. The normalized spacial score (nSPS) is 12.7.